The summed E-state index contributed by atoms with van der Waals surface area (Å²) >= 11 is 6.03. The van der Waals surface area contributed by atoms with Gasteiger partial charge >= 0.3 is 0 Å². The number of benzene rings is 1. The summed E-state index contributed by atoms with van der Waals surface area (Å²) in [6, 6.07) is 11.7. The molecular formula is C17H13ClN4. The number of aromatic nitrogens is 3. The van der Waals surface area contributed by atoms with E-state index in [-0.39, 0.29) is 0 Å². The van der Waals surface area contributed by atoms with E-state index in [1.165, 1.54) is 12.8 Å². The third-order valence-electron chi connectivity index (χ3n) is 3.92. The van der Waals surface area contributed by atoms with Crippen LogP contribution in [0.1, 0.15) is 35.7 Å². The van der Waals surface area contributed by atoms with Crippen molar-refractivity contribution < 1.29 is 0 Å². The van der Waals surface area contributed by atoms with Crippen molar-refractivity contribution in [2.24, 2.45) is 0 Å². The van der Waals surface area contributed by atoms with Gasteiger partial charge in [0.1, 0.15) is 11.3 Å². The van der Waals surface area contributed by atoms with Crippen molar-refractivity contribution in [3.8, 4) is 6.07 Å². The first-order chi connectivity index (χ1) is 10.7. The first-order valence-electron chi connectivity index (χ1n) is 7.25. The molecule has 1 saturated carbocycles. The Morgan fingerprint density at radius 2 is 2.18 bits per heavy atom. The zero-order valence-electron chi connectivity index (χ0n) is 11.8. The largest absolute Gasteiger partial charge is 0.308 e. The molecule has 2 aromatic heterocycles. The van der Waals surface area contributed by atoms with Crippen LogP contribution in [0.5, 0.6) is 0 Å². The Morgan fingerprint density at radius 1 is 1.32 bits per heavy atom. The lowest BCUT2D eigenvalue weighted by Crippen LogP contribution is -2.05. The molecule has 0 spiro atoms. The number of nitriles is 1. The second-order valence-corrected chi connectivity index (χ2v) is 6.08. The molecule has 108 valence electrons. The number of nitrogens with zero attached hydrogens (tertiary/aromatic N) is 4. The Balaban J connectivity index is 1.82. The van der Waals surface area contributed by atoms with Crippen LogP contribution < -0.4 is 0 Å². The summed E-state index contributed by atoms with van der Waals surface area (Å²) in [4.78, 5) is 9.18. The van der Waals surface area contributed by atoms with Crippen LogP contribution >= 0.6 is 11.6 Å². The average Bonchev–Trinajstić information content (AvgIpc) is 3.31. The molecule has 0 saturated heterocycles. The van der Waals surface area contributed by atoms with Crippen molar-refractivity contribution in [3.05, 3.63) is 58.5 Å². The predicted octanol–water partition coefficient (Wildman–Crippen LogP) is 3.88. The van der Waals surface area contributed by atoms with Gasteiger partial charge in [0.15, 0.2) is 5.65 Å². The standard InChI is InChI=1S/C17H13ClN4/c18-14-7-15-17(20-9-14)22(16(21-15)13-4-5-13)10-12-3-1-2-11(6-12)8-19/h1-3,6-7,9,13H,4-5,10H2. The molecule has 1 aliphatic carbocycles. The van der Waals surface area contributed by atoms with Gasteiger partial charge in [-0.3, -0.25) is 0 Å². The molecule has 0 amide bonds. The van der Waals surface area contributed by atoms with Gasteiger partial charge in [0, 0.05) is 12.1 Å². The molecule has 5 heteroatoms. The summed E-state index contributed by atoms with van der Waals surface area (Å²) in [6.07, 6.45) is 4.01. The maximum absolute atomic E-state index is 9.05. The molecule has 22 heavy (non-hydrogen) atoms. The minimum Gasteiger partial charge on any atom is -0.308 e. The Morgan fingerprint density at radius 3 is 2.95 bits per heavy atom. The third-order valence-corrected chi connectivity index (χ3v) is 4.13. The van der Waals surface area contributed by atoms with Gasteiger partial charge in [-0.1, -0.05) is 23.7 Å². The number of hydrogen-bond donors (Lipinski definition) is 0. The van der Waals surface area contributed by atoms with Gasteiger partial charge in [0.25, 0.3) is 0 Å². The molecule has 3 aromatic rings. The molecule has 0 N–H and O–H groups in total. The van der Waals surface area contributed by atoms with Crippen LogP contribution in [-0.4, -0.2) is 14.5 Å². The molecule has 1 aliphatic rings. The zero-order valence-corrected chi connectivity index (χ0v) is 12.6. The Kier molecular flexibility index (Phi) is 3.09. The highest BCUT2D eigenvalue weighted by molar-refractivity contribution is 6.31. The average molecular weight is 309 g/mol. The van der Waals surface area contributed by atoms with E-state index in [0.29, 0.717) is 23.0 Å². The first kappa shape index (κ1) is 13.3. The van der Waals surface area contributed by atoms with E-state index >= 15 is 0 Å². The normalized spacial score (nSPS) is 14.2. The van der Waals surface area contributed by atoms with E-state index in [2.05, 4.69) is 15.6 Å². The molecule has 1 fully saturated rings. The molecule has 4 rings (SSSR count). The van der Waals surface area contributed by atoms with Gasteiger partial charge in [0.05, 0.1) is 23.2 Å². The topological polar surface area (TPSA) is 54.5 Å². The lowest BCUT2D eigenvalue weighted by Gasteiger charge is -2.08. The minimum atomic E-state index is 0.520. The molecule has 0 bridgehead atoms. The summed E-state index contributed by atoms with van der Waals surface area (Å²) < 4.78 is 2.15. The van der Waals surface area contributed by atoms with Gasteiger partial charge in [0.2, 0.25) is 0 Å². The molecule has 1 aromatic carbocycles. The Bertz CT molecular complexity index is 903. The summed E-state index contributed by atoms with van der Waals surface area (Å²) in [5.74, 6) is 1.60. The lowest BCUT2D eigenvalue weighted by molar-refractivity contribution is 0.740. The van der Waals surface area contributed by atoms with Crippen LogP contribution in [0.15, 0.2) is 36.5 Å². The maximum Gasteiger partial charge on any atom is 0.160 e. The van der Waals surface area contributed by atoms with Crippen LogP contribution in [0, 0.1) is 11.3 Å². The third kappa shape index (κ3) is 2.34. The van der Waals surface area contributed by atoms with Crippen LogP contribution in [0.25, 0.3) is 11.2 Å². The summed E-state index contributed by atoms with van der Waals surface area (Å²) in [5, 5.41) is 9.65. The highest BCUT2D eigenvalue weighted by Gasteiger charge is 2.30. The number of fused-ring (bicyclic) bond motifs is 1. The minimum absolute atomic E-state index is 0.520. The monoisotopic (exact) mass is 308 g/mol. The van der Waals surface area contributed by atoms with Crippen LogP contribution in [0.4, 0.5) is 0 Å². The van der Waals surface area contributed by atoms with Crippen molar-refractivity contribution in [1.29, 1.82) is 5.26 Å². The smallest absolute Gasteiger partial charge is 0.160 e. The molecular weight excluding hydrogens is 296 g/mol. The van der Waals surface area contributed by atoms with E-state index in [9.17, 15) is 0 Å². The van der Waals surface area contributed by atoms with Crippen molar-refractivity contribution in [1.82, 2.24) is 14.5 Å². The Hall–Kier alpha value is -2.38. The number of imidazole rings is 1. The van der Waals surface area contributed by atoms with Gasteiger partial charge in [-0.05, 0) is 36.6 Å². The maximum atomic E-state index is 9.05. The fraction of sp³-hybridized carbons (Fsp3) is 0.235. The lowest BCUT2D eigenvalue weighted by atomic mass is 10.1. The van der Waals surface area contributed by atoms with Crippen LogP contribution in [-0.2, 0) is 6.54 Å². The second kappa shape index (κ2) is 5.11. The number of pyridine rings is 1. The molecule has 0 atom stereocenters. The van der Waals surface area contributed by atoms with Gasteiger partial charge in [-0.2, -0.15) is 5.26 Å². The highest BCUT2D eigenvalue weighted by Crippen LogP contribution is 2.40. The van der Waals surface area contributed by atoms with Crippen molar-refractivity contribution in [3.63, 3.8) is 0 Å². The van der Waals surface area contributed by atoms with E-state index in [1.807, 2.05) is 30.3 Å². The fourth-order valence-electron chi connectivity index (χ4n) is 2.73. The quantitative estimate of drug-likeness (QED) is 0.737. The van der Waals surface area contributed by atoms with Gasteiger partial charge in [-0.15, -0.1) is 0 Å². The summed E-state index contributed by atoms with van der Waals surface area (Å²) in [7, 11) is 0. The summed E-state index contributed by atoms with van der Waals surface area (Å²) in [5.41, 5.74) is 3.45. The zero-order chi connectivity index (χ0) is 15.1. The SMILES string of the molecule is N#Cc1cccc(Cn2c(C3CC3)nc3cc(Cl)cnc32)c1. The van der Waals surface area contributed by atoms with Crippen molar-refractivity contribution in [2.45, 2.75) is 25.3 Å². The molecule has 0 unspecified atom stereocenters. The number of hydrogen-bond acceptors (Lipinski definition) is 3. The Labute approximate surface area is 133 Å². The summed E-state index contributed by atoms with van der Waals surface area (Å²) in [6.45, 7) is 0.673. The number of halogens is 1. The highest BCUT2D eigenvalue weighted by atomic mass is 35.5. The van der Waals surface area contributed by atoms with Gasteiger partial charge in [-0.25, -0.2) is 9.97 Å². The molecule has 2 heterocycles. The van der Waals surface area contributed by atoms with Crippen molar-refractivity contribution >= 4 is 22.8 Å². The van der Waals surface area contributed by atoms with E-state index in [4.69, 9.17) is 21.8 Å². The van der Waals surface area contributed by atoms with Gasteiger partial charge < -0.3 is 4.57 Å². The molecule has 0 aliphatic heterocycles. The van der Waals surface area contributed by atoms with Crippen LogP contribution in [0.2, 0.25) is 5.02 Å². The fourth-order valence-corrected chi connectivity index (χ4v) is 2.89. The second-order valence-electron chi connectivity index (χ2n) is 5.64. The van der Waals surface area contributed by atoms with E-state index in [1.54, 1.807) is 6.20 Å². The van der Waals surface area contributed by atoms with E-state index < -0.39 is 0 Å². The molecule has 4 nitrogen and oxygen atoms in total. The first-order valence-corrected chi connectivity index (χ1v) is 7.63. The van der Waals surface area contributed by atoms with Crippen LogP contribution in [0.3, 0.4) is 0 Å². The predicted molar refractivity (Wildman–Crippen MR) is 84.8 cm³/mol. The molecule has 0 radical (unpaired) electrons. The van der Waals surface area contributed by atoms with Crippen molar-refractivity contribution in [2.75, 3.05) is 0 Å². The number of rotatable bonds is 3. The van der Waals surface area contributed by atoms with E-state index in [0.717, 1.165) is 22.6 Å².